The summed E-state index contributed by atoms with van der Waals surface area (Å²) in [7, 11) is -3.79. The van der Waals surface area contributed by atoms with Gasteiger partial charge in [-0.2, -0.15) is 0 Å². The van der Waals surface area contributed by atoms with Crippen molar-refractivity contribution in [3.05, 3.63) is 62.7 Å². The molecule has 1 N–H and O–H groups in total. The number of non-ortho nitro benzene ring substituents is 1. The molecule has 0 heterocycles. The van der Waals surface area contributed by atoms with E-state index < -0.39 is 26.9 Å². The Bertz CT molecular complexity index is 1040. The van der Waals surface area contributed by atoms with Gasteiger partial charge in [0.2, 0.25) is 15.9 Å². The molecule has 0 aromatic heterocycles. The third-order valence-electron chi connectivity index (χ3n) is 4.11. The minimum Gasteiger partial charge on any atom is -0.323 e. The Kier molecular flexibility index (Phi) is 6.30. The monoisotopic (exact) mass is 425 g/mol. The summed E-state index contributed by atoms with van der Waals surface area (Å²) in [5.74, 6) is -0.672. The Hall–Kier alpha value is -2.65. The molecule has 8 nitrogen and oxygen atoms in total. The number of nitro benzene ring substituents is 1. The minimum atomic E-state index is -3.79. The largest absolute Gasteiger partial charge is 0.323 e. The van der Waals surface area contributed by atoms with Crippen molar-refractivity contribution in [2.45, 2.75) is 26.8 Å². The van der Waals surface area contributed by atoms with Crippen molar-refractivity contribution in [3.8, 4) is 0 Å². The summed E-state index contributed by atoms with van der Waals surface area (Å²) in [6, 6.07) is 7.79. The van der Waals surface area contributed by atoms with E-state index in [2.05, 4.69) is 5.32 Å². The van der Waals surface area contributed by atoms with Crippen molar-refractivity contribution in [2.24, 2.45) is 0 Å². The fourth-order valence-corrected chi connectivity index (χ4v) is 4.09. The first kappa shape index (κ1) is 21.6. The second-order valence-corrected chi connectivity index (χ2v) is 8.70. The number of carbonyl (C=O) groups excluding carboxylic acids is 1. The van der Waals surface area contributed by atoms with E-state index in [1.807, 2.05) is 13.0 Å². The van der Waals surface area contributed by atoms with Crippen molar-refractivity contribution in [3.63, 3.8) is 0 Å². The van der Waals surface area contributed by atoms with Gasteiger partial charge in [-0.05, 0) is 44.0 Å². The molecule has 0 unspecified atom stereocenters. The van der Waals surface area contributed by atoms with Crippen molar-refractivity contribution in [1.82, 2.24) is 0 Å². The molecule has 10 heteroatoms. The predicted octanol–water partition coefficient (Wildman–Crippen LogP) is 3.66. The van der Waals surface area contributed by atoms with Gasteiger partial charge in [-0.25, -0.2) is 8.42 Å². The first-order valence-corrected chi connectivity index (χ1v) is 10.5. The maximum Gasteiger partial charge on any atom is 0.271 e. The average Bonchev–Trinajstić information content (AvgIpc) is 2.58. The molecule has 0 aliphatic heterocycles. The van der Waals surface area contributed by atoms with Crippen LogP contribution in [0.25, 0.3) is 0 Å². The van der Waals surface area contributed by atoms with Crippen molar-refractivity contribution < 1.29 is 18.1 Å². The highest BCUT2D eigenvalue weighted by atomic mass is 35.5. The van der Waals surface area contributed by atoms with Crippen LogP contribution < -0.4 is 9.62 Å². The van der Waals surface area contributed by atoms with E-state index in [1.54, 1.807) is 19.1 Å². The number of nitro groups is 1. The van der Waals surface area contributed by atoms with Gasteiger partial charge in [-0.1, -0.05) is 23.7 Å². The lowest BCUT2D eigenvalue weighted by Gasteiger charge is -2.29. The molecule has 0 saturated carbocycles. The van der Waals surface area contributed by atoms with E-state index >= 15 is 0 Å². The molecule has 0 aliphatic rings. The Balaban J connectivity index is 2.42. The topological polar surface area (TPSA) is 110 Å². The van der Waals surface area contributed by atoms with E-state index in [9.17, 15) is 23.3 Å². The molecule has 150 valence electrons. The third-order valence-corrected chi connectivity index (χ3v) is 5.67. The number of nitrogens with one attached hydrogen (secondary N) is 1. The molecular formula is C18H20ClN3O5S. The third kappa shape index (κ3) is 4.79. The number of hydrogen-bond acceptors (Lipinski definition) is 5. The summed E-state index contributed by atoms with van der Waals surface area (Å²) in [5.41, 5.74) is 1.69. The van der Waals surface area contributed by atoms with E-state index in [0.717, 1.165) is 22.2 Å². The zero-order valence-corrected chi connectivity index (χ0v) is 17.3. The number of amides is 1. The van der Waals surface area contributed by atoms with Crippen molar-refractivity contribution in [2.75, 3.05) is 15.9 Å². The number of aryl methyl sites for hydroxylation is 2. The molecule has 28 heavy (non-hydrogen) atoms. The molecule has 1 amide bonds. The average molecular weight is 426 g/mol. The van der Waals surface area contributed by atoms with Crippen LogP contribution in [0.3, 0.4) is 0 Å². The number of halogens is 1. The second-order valence-electron chi connectivity index (χ2n) is 6.44. The van der Waals surface area contributed by atoms with Crippen LogP contribution in [0.1, 0.15) is 18.1 Å². The van der Waals surface area contributed by atoms with Crippen LogP contribution in [0.2, 0.25) is 5.02 Å². The van der Waals surface area contributed by atoms with Gasteiger partial charge < -0.3 is 5.32 Å². The van der Waals surface area contributed by atoms with Gasteiger partial charge in [-0.15, -0.1) is 0 Å². The fraction of sp³-hybridized carbons (Fsp3) is 0.278. The van der Waals surface area contributed by atoms with Gasteiger partial charge >= 0.3 is 0 Å². The molecule has 0 fully saturated rings. The minimum absolute atomic E-state index is 0.0298. The molecule has 2 rings (SSSR count). The molecule has 0 bridgehead atoms. The van der Waals surface area contributed by atoms with E-state index in [4.69, 9.17) is 11.6 Å². The number of nitrogens with zero attached hydrogens (tertiary/aromatic N) is 2. The Morgan fingerprint density at radius 3 is 2.43 bits per heavy atom. The maximum absolute atomic E-state index is 12.8. The number of sulfonamides is 1. The quantitative estimate of drug-likeness (QED) is 0.561. The zero-order chi connectivity index (χ0) is 21.2. The van der Waals surface area contributed by atoms with Crippen LogP contribution in [-0.4, -0.2) is 31.5 Å². The molecule has 0 radical (unpaired) electrons. The van der Waals surface area contributed by atoms with Gasteiger partial charge in [0.05, 0.1) is 27.6 Å². The summed E-state index contributed by atoms with van der Waals surface area (Å²) in [4.78, 5) is 23.1. The highest BCUT2D eigenvalue weighted by molar-refractivity contribution is 7.92. The van der Waals surface area contributed by atoms with Gasteiger partial charge in [0, 0.05) is 12.1 Å². The molecule has 0 aliphatic carbocycles. The SMILES string of the molecule is Cc1ccc(C)c(N([C@H](C)C(=O)Nc2cc([N+](=O)[O-])ccc2Cl)S(C)(=O)=O)c1. The summed E-state index contributed by atoms with van der Waals surface area (Å²) in [6.45, 7) is 5.00. The van der Waals surface area contributed by atoms with Crippen molar-refractivity contribution >= 4 is 44.6 Å². The van der Waals surface area contributed by atoms with Crippen LogP contribution >= 0.6 is 11.6 Å². The molecular weight excluding hydrogens is 406 g/mol. The Labute approximate surface area is 168 Å². The van der Waals surface area contributed by atoms with Gasteiger partial charge in [0.15, 0.2) is 0 Å². The molecule has 0 saturated heterocycles. The van der Waals surface area contributed by atoms with E-state index in [0.29, 0.717) is 11.3 Å². The van der Waals surface area contributed by atoms with Crippen LogP contribution in [0, 0.1) is 24.0 Å². The zero-order valence-electron chi connectivity index (χ0n) is 15.8. The van der Waals surface area contributed by atoms with Crippen molar-refractivity contribution in [1.29, 1.82) is 0 Å². The number of rotatable bonds is 6. The highest BCUT2D eigenvalue weighted by Gasteiger charge is 2.30. The standard InChI is InChI=1S/C18H20ClN3O5S/c1-11-5-6-12(2)17(9-11)21(28(4,26)27)13(3)18(23)20-16-10-14(22(24)25)7-8-15(16)19/h5-10,13H,1-4H3,(H,20,23)/t13-/m1/s1. The fourth-order valence-electron chi connectivity index (χ4n) is 2.70. The first-order chi connectivity index (χ1) is 12.9. The van der Waals surface area contributed by atoms with Crippen LogP contribution in [-0.2, 0) is 14.8 Å². The summed E-state index contributed by atoms with van der Waals surface area (Å²) in [5, 5.41) is 13.5. The smallest absolute Gasteiger partial charge is 0.271 e. The summed E-state index contributed by atoms with van der Waals surface area (Å²) < 4.78 is 25.9. The van der Waals surface area contributed by atoms with Gasteiger partial charge in [0.1, 0.15) is 6.04 Å². The summed E-state index contributed by atoms with van der Waals surface area (Å²) in [6.07, 6.45) is 1.01. The Morgan fingerprint density at radius 1 is 1.21 bits per heavy atom. The van der Waals surface area contributed by atoms with Crippen LogP contribution in [0.4, 0.5) is 17.1 Å². The highest BCUT2D eigenvalue weighted by Crippen LogP contribution is 2.29. The molecule has 2 aromatic rings. The lowest BCUT2D eigenvalue weighted by molar-refractivity contribution is -0.384. The normalized spacial score (nSPS) is 12.3. The van der Waals surface area contributed by atoms with E-state index in [-0.39, 0.29) is 16.4 Å². The number of hydrogen-bond donors (Lipinski definition) is 1. The lowest BCUT2D eigenvalue weighted by atomic mass is 10.1. The van der Waals surface area contributed by atoms with Crippen LogP contribution in [0.15, 0.2) is 36.4 Å². The Morgan fingerprint density at radius 2 is 1.86 bits per heavy atom. The molecule has 2 aromatic carbocycles. The van der Waals surface area contributed by atoms with E-state index in [1.165, 1.54) is 19.1 Å². The molecule has 0 spiro atoms. The maximum atomic E-state index is 12.8. The van der Waals surface area contributed by atoms with Gasteiger partial charge in [0.25, 0.3) is 5.69 Å². The summed E-state index contributed by atoms with van der Waals surface area (Å²) >= 11 is 6.01. The number of benzene rings is 2. The predicted molar refractivity (Wildman–Crippen MR) is 109 cm³/mol. The lowest BCUT2D eigenvalue weighted by Crippen LogP contribution is -2.45. The van der Waals surface area contributed by atoms with Gasteiger partial charge in [-0.3, -0.25) is 19.2 Å². The molecule has 1 atom stereocenters. The number of anilines is 2. The van der Waals surface area contributed by atoms with Crippen LogP contribution in [0.5, 0.6) is 0 Å². The number of carbonyl (C=O) groups is 1. The second kappa shape index (κ2) is 8.15. The first-order valence-electron chi connectivity index (χ1n) is 8.23.